The molecule has 0 N–H and O–H groups in total. The highest BCUT2D eigenvalue weighted by molar-refractivity contribution is 6.30. The Morgan fingerprint density at radius 1 is 0.875 bits per heavy atom. The van der Waals surface area contributed by atoms with Gasteiger partial charge >= 0.3 is 12.6 Å². The van der Waals surface area contributed by atoms with Gasteiger partial charge < -0.3 is 14.2 Å². The summed E-state index contributed by atoms with van der Waals surface area (Å²) < 4.78 is 39.7. The van der Waals surface area contributed by atoms with Gasteiger partial charge in [0.15, 0.2) is 23.1 Å². The largest absolute Gasteiger partial charge is 0.493 e. The molecule has 0 heterocycles. The number of carbonyl (C=O) groups is 3. The molecule has 0 fully saturated rings. The summed E-state index contributed by atoms with van der Waals surface area (Å²) >= 11 is 0. The number of ether oxygens (including phenoxy) is 3. The lowest BCUT2D eigenvalue weighted by molar-refractivity contribution is -0.0512. The zero-order valence-electron chi connectivity index (χ0n) is 16.8. The number of hydrogen-bond acceptors (Lipinski definition) is 6. The molecular weight excluding hydrogens is 422 g/mol. The van der Waals surface area contributed by atoms with E-state index in [1.807, 2.05) is 0 Å². The van der Waals surface area contributed by atoms with Gasteiger partial charge in [-0.3, -0.25) is 9.59 Å². The lowest BCUT2D eigenvalue weighted by Crippen LogP contribution is -2.24. The molecule has 0 atom stereocenters. The predicted octanol–water partition coefficient (Wildman–Crippen LogP) is 4.43. The zero-order chi connectivity index (χ0) is 22.8. The van der Waals surface area contributed by atoms with Crippen LogP contribution in [0.5, 0.6) is 11.5 Å². The molecule has 1 aliphatic rings. The van der Waals surface area contributed by atoms with Crippen LogP contribution in [0.2, 0.25) is 0 Å². The molecule has 0 aromatic heterocycles. The van der Waals surface area contributed by atoms with Crippen molar-refractivity contribution in [3.05, 3.63) is 94.0 Å². The van der Waals surface area contributed by atoms with E-state index in [-0.39, 0.29) is 51.7 Å². The van der Waals surface area contributed by atoms with Gasteiger partial charge in [-0.05, 0) is 23.8 Å². The lowest BCUT2D eigenvalue weighted by Gasteiger charge is -2.19. The van der Waals surface area contributed by atoms with E-state index in [0.29, 0.717) is 5.56 Å². The van der Waals surface area contributed by atoms with E-state index in [0.717, 1.165) is 0 Å². The molecule has 0 radical (unpaired) electrons. The van der Waals surface area contributed by atoms with Crippen molar-refractivity contribution >= 4 is 17.5 Å². The molecule has 8 heteroatoms. The van der Waals surface area contributed by atoms with Crippen LogP contribution in [0.25, 0.3) is 0 Å². The van der Waals surface area contributed by atoms with E-state index >= 15 is 0 Å². The first-order valence-corrected chi connectivity index (χ1v) is 9.51. The average molecular weight is 438 g/mol. The minimum Gasteiger partial charge on any atom is -0.493 e. The van der Waals surface area contributed by atoms with Gasteiger partial charge in [-0.2, -0.15) is 8.78 Å². The van der Waals surface area contributed by atoms with Gasteiger partial charge in [0.25, 0.3) is 0 Å². The third-order valence-electron chi connectivity index (χ3n) is 4.99. The molecule has 0 bridgehead atoms. The van der Waals surface area contributed by atoms with Crippen molar-refractivity contribution in [3.8, 4) is 11.5 Å². The van der Waals surface area contributed by atoms with Crippen molar-refractivity contribution in [2.45, 2.75) is 13.2 Å². The predicted molar refractivity (Wildman–Crippen MR) is 108 cm³/mol. The lowest BCUT2D eigenvalue weighted by atomic mass is 9.82. The molecule has 0 spiro atoms. The normalized spacial score (nSPS) is 12.2. The number of carbonyl (C=O) groups excluding carboxylic acids is 3. The molecule has 1 aliphatic carbocycles. The standard InChI is InChI=1S/C24H16F2O6/c1-30-19-11-13(9-10-18(19)32-24(25)26)12-31-23(29)17-8-4-7-16-20(17)22(28)15-6-3-2-5-14(15)21(16)27/h2-11,24H,12H2,1H3. The van der Waals surface area contributed by atoms with E-state index < -0.39 is 18.4 Å². The molecule has 162 valence electrons. The maximum absolute atomic E-state index is 13.0. The van der Waals surface area contributed by atoms with E-state index in [4.69, 9.17) is 9.47 Å². The Labute approximate surface area is 181 Å². The fraction of sp³-hybridized carbons (Fsp3) is 0.125. The van der Waals surface area contributed by atoms with Gasteiger partial charge in [-0.1, -0.05) is 42.5 Å². The quantitative estimate of drug-likeness (QED) is 0.415. The number of rotatable bonds is 6. The Morgan fingerprint density at radius 2 is 1.56 bits per heavy atom. The fourth-order valence-corrected chi connectivity index (χ4v) is 3.54. The topological polar surface area (TPSA) is 78.9 Å². The Morgan fingerprint density at radius 3 is 2.25 bits per heavy atom. The van der Waals surface area contributed by atoms with Crippen LogP contribution in [0, 0.1) is 0 Å². The molecular formula is C24H16F2O6. The molecule has 6 nitrogen and oxygen atoms in total. The fourth-order valence-electron chi connectivity index (χ4n) is 3.54. The first-order chi connectivity index (χ1) is 15.4. The Kier molecular flexibility index (Phi) is 5.68. The Hall–Kier alpha value is -4.07. The number of hydrogen-bond donors (Lipinski definition) is 0. The second-order valence-electron chi connectivity index (χ2n) is 6.87. The van der Waals surface area contributed by atoms with Crippen molar-refractivity contribution in [1.82, 2.24) is 0 Å². The van der Waals surface area contributed by atoms with Crippen LogP contribution in [0.4, 0.5) is 8.78 Å². The minimum absolute atomic E-state index is 0.000498. The summed E-state index contributed by atoms with van der Waals surface area (Å²) in [6.07, 6.45) is 0. The van der Waals surface area contributed by atoms with Gasteiger partial charge in [-0.15, -0.1) is 0 Å². The summed E-state index contributed by atoms with van der Waals surface area (Å²) in [4.78, 5) is 38.6. The highest BCUT2D eigenvalue weighted by Gasteiger charge is 2.33. The van der Waals surface area contributed by atoms with Crippen molar-refractivity contribution in [2.24, 2.45) is 0 Å². The molecule has 3 aromatic carbocycles. The number of methoxy groups -OCH3 is 1. The Bertz CT molecular complexity index is 1230. The van der Waals surface area contributed by atoms with Crippen molar-refractivity contribution in [2.75, 3.05) is 7.11 Å². The minimum atomic E-state index is -3.01. The van der Waals surface area contributed by atoms with Crippen molar-refractivity contribution in [1.29, 1.82) is 0 Å². The molecule has 32 heavy (non-hydrogen) atoms. The summed E-state index contributed by atoms with van der Waals surface area (Å²) in [7, 11) is 1.29. The number of alkyl halides is 2. The van der Waals surface area contributed by atoms with E-state index in [9.17, 15) is 23.2 Å². The van der Waals surface area contributed by atoms with Crippen LogP contribution < -0.4 is 9.47 Å². The average Bonchev–Trinajstić information content (AvgIpc) is 2.80. The SMILES string of the molecule is COc1cc(COC(=O)c2cccc3c2C(=O)c2ccccc2C3=O)ccc1OC(F)F. The number of halogens is 2. The number of esters is 1. The molecule has 0 saturated carbocycles. The van der Waals surface area contributed by atoms with Gasteiger partial charge in [0, 0.05) is 22.3 Å². The molecule has 4 rings (SSSR count). The third-order valence-corrected chi connectivity index (χ3v) is 4.99. The maximum Gasteiger partial charge on any atom is 0.387 e. The van der Waals surface area contributed by atoms with Crippen LogP contribution >= 0.6 is 0 Å². The highest BCUT2D eigenvalue weighted by atomic mass is 19.3. The van der Waals surface area contributed by atoms with Gasteiger partial charge in [0.1, 0.15) is 6.61 Å². The Balaban J connectivity index is 1.58. The summed E-state index contributed by atoms with van der Waals surface area (Å²) in [6, 6.07) is 15.0. The van der Waals surface area contributed by atoms with E-state index in [2.05, 4.69) is 4.74 Å². The van der Waals surface area contributed by atoms with Crippen LogP contribution in [-0.4, -0.2) is 31.3 Å². The second-order valence-corrected chi connectivity index (χ2v) is 6.87. The zero-order valence-corrected chi connectivity index (χ0v) is 16.8. The highest BCUT2D eigenvalue weighted by Crippen LogP contribution is 2.31. The van der Waals surface area contributed by atoms with Gasteiger partial charge in [-0.25, -0.2) is 4.79 Å². The molecule has 0 aliphatic heterocycles. The number of benzene rings is 3. The first kappa shape index (κ1) is 21.2. The summed E-state index contributed by atoms with van der Waals surface area (Å²) in [5, 5.41) is 0. The van der Waals surface area contributed by atoms with Crippen LogP contribution in [0.15, 0.2) is 60.7 Å². The molecule has 0 unspecified atom stereocenters. The van der Waals surface area contributed by atoms with Gasteiger partial charge in [0.05, 0.1) is 12.7 Å². The van der Waals surface area contributed by atoms with E-state index in [1.165, 1.54) is 49.6 Å². The summed E-state index contributed by atoms with van der Waals surface area (Å²) in [5.74, 6) is -1.68. The number of ketones is 2. The van der Waals surface area contributed by atoms with Gasteiger partial charge in [0.2, 0.25) is 0 Å². The summed E-state index contributed by atoms with van der Waals surface area (Å²) in [5.41, 5.74) is 1.07. The molecule has 0 amide bonds. The van der Waals surface area contributed by atoms with Crippen molar-refractivity contribution < 1.29 is 37.4 Å². The first-order valence-electron chi connectivity index (χ1n) is 9.51. The smallest absolute Gasteiger partial charge is 0.387 e. The summed E-state index contributed by atoms with van der Waals surface area (Å²) in [6.45, 7) is -3.23. The third kappa shape index (κ3) is 3.82. The second kappa shape index (κ2) is 8.58. The number of fused-ring (bicyclic) bond motifs is 2. The molecule has 3 aromatic rings. The maximum atomic E-state index is 13.0. The van der Waals surface area contributed by atoms with Crippen LogP contribution in [-0.2, 0) is 11.3 Å². The van der Waals surface area contributed by atoms with Crippen LogP contribution in [0.1, 0.15) is 47.8 Å². The molecule has 0 saturated heterocycles. The van der Waals surface area contributed by atoms with Crippen LogP contribution in [0.3, 0.4) is 0 Å². The van der Waals surface area contributed by atoms with Crippen molar-refractivity contribution in [3.63, 3.8) is 0 Å². The monoisotopic (exact) mass is 438 g/mol. The van der Waals surface area contributed by atoms with E-state index in [1.54, 1.807) is 18.2 Å².